The fourth-order valence-electron chi connectivity index (χ4n) is 2.67. The third-order valence-corrected chi connectivity index (χ3v) is 8.74. The van der Waals surface area contributed by atoms with Gasteiger partial charge in [-0.05, 0) is 44.3 Å². The molecular formula is C19H26N2O4S2. The van der Waals surface area contributed by atoms with E-state index < -0.39 is 20.0 Å². The molecule has 0 saturated heterocycles. The van der Waals surface area contributed by atoms with Crippen molar-refractivity contribution in [3.05, 3.63) is 60.2 Å². The van der Waals surface area contributed by atoms with Crippen molar-refractivity contribution in [2.45, 2.75) is 30.6 Å². The Labute approximate surface area is 162 Å². The Kier molecular flexibility index (Phi) is 7.16. The molecule has 0 fully saturated rings. The van der Waals surface area contributed by atoms with Crippen molar-refractivity contribution in [3.63, 3.8) is 0 Å². The standard InChI is InChI=1S/C19H26N2O4S2/c1-4-20(5-2)15-16-21(26(22,23)18-9-7-6-8-10-18)27(24,25)19-13-11-17(3)12-14-19/h6-14H,4-5,15-16H2,1-3H3. The molecule has 0 aliphatic heterocycles. The molecule has 0 heterocycles. The summed E-state index contributed by atoms with van der Waals surface area (Å²) in [7, 11) is -8.43. The number of hydrogen-bond donors (Lipinski definition) is 0. The summed E-state index contributed by atoms with van der Waals surface area (Å²) in [5.41, 5.74) is 0.898. The van der Waals surface area contributed by atoms with Gasteiger partial charge in [0.2, 0.25) is 0 Å². The van der Waals surface area contributed by atoms with Gasteiger partial charge in [-0.1, -0.05) is 53.5 Å². The van der Waals surface area contributed by atoms with Crippen LogP contribution < -0.4 is 0 Å². The van der Waals surface area contributed by atoms with Crippen LogP contribution in [0.3, 0.4) is 0 Å². The highest BCUT2D eigenvalue weighted by molar-refractivity contribution is 8.04. The van der Waals surface area contributed by atoms with E-state index in [1.807, 2.05) is 25.7 Å². The zero-order valence-electron chi connectivity index (χ0n) is 15.9. The number of benzene rings is 2. The van der Waals surface area contributed by atoms with Gasteiger partial charge in [0, 0.05) is 13.1 Å². The lowest BCUT2D eigenvalue weighted by Crippen LogP contribution is -2.42. The largest absolute Gasteiger partial charge is 0.303 e. The van der Waals surface area contributed by atoms with Gasteiger partial charge in [-0.15, -0.1) is 0 Å². The van der Waals surface area contributed by atoms with Crippen molar-refractivity contribution in [2.75, 3.05) is 26.2 Å². The lowest BCUT2D eigenvalue weighted by molar-refractivity contribution is 0.294. The SMILES string of the molecule is CCN(CC)CCN(S(=O)(=O)c1ccccc1)S(=O)(=O)c1ccc(C)cc1. The van der Waals surface area contributed by atoms with Crippen LogP contribution in [0, 0.1) is 6.92 Å². The Balaban J connectivity index is 2.51. The zero-order chi connectivity index (χ0) is 20.1. The molecule has 0 unspecified atom stereocenters. The lowest BCUT2D eigenvalue weighted by atomic mass is 10.2. The van der Waals surface area contributed by atoms with E-state index in [2.05, 4.69) is 0 Å². The second-order valence-electron chi connectivity index (χ2n) is 6.16. The highest BCUT2D eigenvalue weighted by Crippen LogP contribution is 2.24. The van der Waals surface area contributed by atoms with Crippen LogP contribution in [-0.2, 0) is 20.0 Å². The number of hydrogen-bond acceptors (Lipinski definition) is 5. The van der Waals surface area contributed by atoms with E-state index in [9.17, 15) is 16.8 Å². The minimum Gasteiger partial charge on any atom is -0.303 e. The Morgan fingerprint density at radius 1 is 0.704 bits per heavy atom. The predicted molar refractivity (Wildman–Crippen MR) is 106 cm³/mol. The molecule has 148 valence electrons. The quantitative estimate of drug-likeness (QED) is 0.635. The summed E-state index contributed by atoms with van der Waals surface area (Å²) in [6.07, 6.45) is 0. The van der Waals surface area contributed by atoms with Gasteiger partial charge in [-0.25, -0.2) is 16.8 Å². The maximum atomic E-state index is 13.2. The van der Waals surface area contributed by atoms with E-state index in [-0.39, 0.29) is 16.3 Å². The molecule has 0 amide bonds. The Morgan fingerprint density at radius 3 is 1.67 bits per heavy atom. The highest BCUT2D eigenvalue weighted by Gasteiger charge is 2.36. The molecule has 2 aromatic carbocycles. The van der Waals surface area contributed by atoms with Gasteiger partial charge in [0.05, 0.1) is 9.79 Å². The van der Waals surface area contributed by atoms with Gasteiger partial charge in [0.15, 0.2) is 0 Å². The van der Waals surface area contributed by atoms with Gasteiger partial charge in [0.25, 0.3) is 20.0 Å². The third-order valence-electron chi connectivity index (χ3n) is 4.39. The van der Waals surface area contributed by atoms with Gasteiger partial charge in [-0.3, -0.25) is 0 Å². The van der Waals surface area contributed by atoms with E-state index in [0.717, 1.165) is 5.56 Å². The molecule has 0 bridgehead atoms. The Bertz CT molecular complexity index is 937. The molecule has 8 heteroatoms. The summed E-state index contributed by atoms with van der Waals surface area (Å²) >= 11 is 0. The summed E-state index contributed by atoms with van der Waals surface area (Å²) < 4.78 is 53.3. The van der Waals surface area contributed by atoms with Crippen LogP contribution >= 0.6 is 0 Å². The Morgan fingerprint density at radius 2 is 1.19 bits per heavy atom. The fraction of sp³-hybridized carbons (Fsp3) is 0.368. The number of rotatable bonds is 9. The molecule has 2 rings (SSSR count). The fourth-order valence-corrected chi connectivity index (χ4v) is 6.32. The smallest absolute Gasteiger partial charge is 0.256 e. The molecule has 0 atom stereocenters. The van der Waals surface area contributed by atoms with Crippen molar-refractivity contribution in [2.24, 2.45) is 0 Å². The maximum Gasteiger partial charge on any atom is 0.256 e. The first kappa shape index (κ1) is 21.6. The second kappa shape index (κ2) is 8.97. The number of nitrogens with zero attached hydrogens (tertiary/aromatic N) is 2. The van der Waals surface area contributed by atoms with Crippen molar-refractivity contribution in [3.8, 4) is 0 Å². The molecule has 0 aliphatic rings. The summed E-state index contributed by atoms with van der Waals surface area (Å²) in [4.78, 5) is 1.91. The van der Waals surface area contributed by atoms with Gasteiger partial charge < -0.3 is 4.90 Å². The predicted octanol–water partition coefficient (Wildman–Crippen LogP) is 2.72. The molecule has 0 radical (unpaired) electrons. The van der Waals surface area contributed by atoms with E-state index in [0.29, 0.717) is 23.3 Å². The van der Waals surface area contributed by atoms with E-state index in [1.54, 1.807) is 30.3 Å². The normalized spacial score (nSPS) is 12.6. The summed E-state index contributed by atoms with van der Waals surface area (Å²) in [5, 5.41) is 0. The minimum atomic E-state index is -4.22. The Hall–Kier alpha value is -1.74. The molecule has 0 aromatic heterocycles. The summed E-state index contributed by atoms with van der Waals surface area (Å²) in [6.45, 7) is 7.34. The van der Waals surface area contributed by atoms with Crippen LogP contribution in [0.25, 0.3) is 0 Å². The number of sulfonamides is 2. The van der Waals surface area contributed by atoms with Gasteiger partial charge >= 0.3 is 0 Å². The minimum absolute atomic E-state index is 0.0350. The van der Waals surface area contributed by atoms with Crippen molar-refractivity contribution in [1.29, 1.82) is 0 Å². The molecular weight excluding hydrogens is 384 g/mol. The van der Waals surface area contributed by atoms with E-state index in [4.69, 9.17) is 0 Å². The van der Waals surface area contributed by atoms with Crippen LogP contribution in [-0.4, -0.2) is 51.6 Å². The average molecular weight is 411 g/mol. The van der Waals surface area contributed by atoms with Crippen LogP contribution in [0.15, 0.2) is 64.4 Å². The molecule has 0 spiro atoms. The van der Waals surface area contributed by atoms with Crippen LogP contribution in [0.4, 0.5) is 0 Å². The molecule has 2 aromatic rings. The van der Waals surface area contributed by atoms with Crippen molar-refractivity contribution >= 4 is 20.0 Å². The van der Waals surface area contributed by atoms with E-state index >= 15 is 0 Å². The average Bonchev–Trinajstić information content (AvgIpc) is 2.66. The topological polar surface area (TPSA) is 74.8 Å². The number of aryl methyl sites for hydroxylation is 1. The van der Waals surface area contributed by atoms with Crippen LogP contribution in [0.1, 0.15) is 19.4 Å². The van der Waals surface area contributed by atoms with E-state index in [1.165, 1.54) is 24.3 Å². The summed E-state index contributed by atoms with van der Waals surface area (Å²) in [5.74, 6) is 0. The molecule has 0 aliphatic carbocycles. The first-order chi connectivity index (χ1) is 12.7. The lowest BCUT2D eigenvalue weighted by Gasteiger charge is -2.25. The van der Waals surface area contributed by atoms with Crippen LogP contribution in [0.5, 0.6) is 0 Å². The first-order valence-corrected chi connectivity index (χ1v) is 11.7. The molecule has 0 saturated carbocycles. The van der Waals surface area contributed by atoms with Crippen molar-refractivity contribution in [1.82, 2.24) is 8.61 Å². The van der Waals surface area contributed by atoms with Crippen molar-refractivity contribution < 1.29 is 16.8 Å². The number of likely N-dealkylation sites (N-methyl/N-ethyl adjacent to an activating group) is 1. The maximum absolute atomic E-state index is 13.2. The van der Waals surface area contributed by atoms with Gasteiger partial charge in [0.1, 0.15) is 0 Å². The molecule has 6 nitrogen and oxygen atoms in total. The molecule has 27 heavy (non-hydrogen) atoms. The highest BCUT2D eigenvalue weighted by atomic mass is 32.3. The molecule has 0 N–H and O–H groups in total. The van der Waals surface area contributed by atoms with Crippen LogP contribution in [0.2, 0.25) is 0 Å². The first-order valence-electron chi connectivity index (χ1n) is 8.85. The zero-order valence-corrected chi connectivity index (χ0v) is 17.5. The monoisotopic (exact) mass is 410 g/mol. The van der Waals surface area contributed by atoms with Gasteiger partial charge in [-0.2, -0.15) is 0 Å². The second-order valence-corrected chi connectivity index (χ2v) is 10.1. The summed E-state index contributed by atoms with van der Waals surface area (Å²) in [6, 6.07) is 13.9. The third kappa shape index (κ3) is 4.95.